The molecule has 0 aliphatic rings. The lowest BCUT2D eigenvalue weighted by atomic mass is 10.2. The highest BCUT2D eigenvalue weighted by Gasteiger charge is 2.03. The summed E-state index contributed by atoms with van der Waals surface area (Å²) < 4.78 is 5.36. The molecule has 1 aromatic heterocycles. The van der Waals surface area contributed by atoms with E-state index in [4.69, 9.17) is 4.74 Å². The number of aryl methyl sites for hydroxylation is 1. The summed E-state index contributed by atoms with van der Waals surface area (Å²) in [5, 5.41) is 7.76. The van der Waals surface area contributed by atoms with Crippen molar-refractivity contribution >= 4 is 17.3 Å². The topological polar surface area (TPSA) is 58.5 Å². The van der Waals surface area contributed by atoms with Gasteiger partial charge in [0.1, 0.15) is 5.75 Å². The summed E-state index contributed by atoms with van der Waals surface area (Å²) in [5.74, 6) is 1.68. The smallest absolute Gasteiger partial charge is 0.191 e. The van der Waals surface area contributed by atoms with Gasteiger partial charge in [0.2, 0.25) is 0 Å². The minimum absolute atomic E-state index is 0.579. The number of rotatable bonds is 7. The Labute approximate surface area is 141 Å². The van der Waals surface area contributed by atoms with Gasteiger partial charge in [-0.25, -0.2) is 9.98 Å². The molecule has 1 aromatic carbocycles. The lowest BCUT2D eigenvalue weighted by Gasteiger charge is -2.11. The fourth-order valence-corrected chi connectivity index (χ4v) is 2.93. The molecule has 0 atom stereocenters. The monoisotopic (exact) mass is 332 g/mol. The van der Waals surface area contributed by atoms with Crippen molar-refractivity contribution in [2.24, 2.45) is 4.99 Å². The van der Waals surface area contributed by atoms with Crippen LogP contribution in [0.3, 0.4) is 0 Å². The Kier molecular flexibility index (Phi) is 6.87. The first-order valence-electron chi connectivity index (χ1n) is 7.78. The van der Waals surface area contributed by atoms with Gasteiger partial charge < -0.3 is 15.4 Å². The number of para-hydroxylation sites is 1. The summed E-state index contributed by atoms with van der Waals surface area (Å²) in [5.41, 5.74) is 1.07. The molecule has 2 aromatic rings. The first-order valence-corrected chi connectivity index (χ1v) is 8.60. The summed E-state index contributed by atoms with van der Waals surface area (Å²) >= 11 is 1.74. The highest BCUT2D eigenvalue weighted by atomic mass is 32.1. The van der Waals surface area contributed by atoms with Crippen molar-refractivity contribution < 1.29 is 4.74 Å². The fourth-order valence-electron chi connectivity index (χ4n) is 2.14. The number of benzene rings is 1. The van der Waals surface area contributed by atoms with Crippen LogP contribution in [-0.4, -0.2) is 31.1 Å². The number of aliphatic imine (C=N–C) groups is 1. The number of aromatic nitrogens is 1. The SMILES string of the molecule is CCNC(=NCc1ccccc1OC)NCCc1ncc(C)s1. The van der Waals surface area contributed by atoms with Crippen LogP contribution in [0.25, 0.3) is 0 Å². The third-order valence-corrected chi connectivity index (χ3v) is 4.22. The van der Waals surface area contributed by atoms with Gasteiger partial charge >= 0.3 is 0 Å². The van der Waals surface area contributed by atoms with Crippen molar-refractivity contribution in [1.82, 2.24) is 15.6 Å². The summed E-state index contributed by atoms with van der Waals surface area (Å²) in [6, 6.07) is 7.95. The Morgan fingerprint density at radius 2 is 2.13 bits per heavy atom. The Bertz CT molecular complexity index is 639. The van der Waals surface area contributed by atoms with E-state index in [9.17, 15) is 0 Å². The number of nitrogens with zero attached hydrogens (tertiary/aromatic N) is 2. The normalized spacial score (nSPS) is 11.3. The van der Waals surface area contributed by atoms with Crippen LogP contribution in [-0.2, 0) is 13.0 Å². The van der Waals surface area contributed by atoms with E-state index >= 15 is 0 Å². The van der Waals surface area contributed by atoms with Gasteiger partial charge in [-0.05, 0) is 19.9 Å². The van der Waals surface area contributed by atoms with E-state index in [1.54, 1.807) is 18.4 Å². The van der Waals surface area contributed by atoms with Crippen molar-refractivity contribution in [2.75, 3.05) is 20.2 Å². The minimum Gasteiger partial charge on any atom is -0.496 e. The number of ether oxygens (including phenoxy) is 1. The van der Waals surface area contributed by atoms with Gasteiger partial charge in [-0.3, -0.25) is 0 Å². The molecule has 124 valence electrons. The van der Waals surface area contributed by atoms with Gasteiger partial charge in [-0.15, -0.1) is 11.3 Å². The molecule has 0 saturated heterocycles. The van der Waals surface area contributed by atoms with E-state index in [2.05, 4.69) is 34.5 Å². The number of hydrogen-bond acceptors (Lipinski definition) is 4. The number of hydrogen-bond donors (Lipinski definition) is 2. The lowest BCUT2D eigenvalue weighted by Crippen LogP contribution is -2.38. The summed E-state index contributed by atoms with van der Waals surface area (Å²) in [6.07, 6.45) is 2.82. The number of guanidine groups is 1. The maximum atomic E-state index is 5.36. The van der Waals surface area contributed by atoms with E-state index < -0.39 is 0 Å². The molecule has 1 heterocycles. The molecular weight excluding hydrogens is 308 g/mol. The van der Waals surface area contributed by atoms with Crippen LogP contribution < -0.4 is 15.4 Å². The van der Waals surface area contributed by atoms with E-state index in [1.165, 1.54) is 4.88 Å². The molecule has 0 amide bonds. The molecule has 2 rings (SSSR count). The molecule has 0 bridgehead atoms. The minimum atomic E-state index is 0.579. The highest BCUT2D eigenvalue weighted by molar-refractivity contribution is 7.11. The second kappa shape index (κ2) is 9.15. The van der Waals surface area contributed by atoms with Crippen LogP contribution in [0.15, 0.2) is 35.5 Å². The van der Waals surface area contributed by atoms with Gasteiger partial charge in [-0.2, -0.15) is 0 Å². The van der Waals surface area contributed by atoms with Gasteiger partial charge in [0.15, 0.2) is 5.96 Å². The molecule has 23 heavy (non-hydrogen) atoms. The summed E-state index contributed by atoms with van der Waals surface area (Å²) in [6.45, 7) is 6.35. The quantitative estimate of drug-likeness (QED) is 0.605. The molecule has 0 aliphatic carbocycles. The average Bonchev–Trinajstić information content (AvgIpc) is 2.98. The first-order chi connectivity index (χ1) is 11.2. The molecule has 0 unspecified atom stereocenters. The van der Waals surface area contributed by atoms with Crippen molar-refractivity contribution in [3.63, 3.8) is 0 Å². The zero-order chi connectivity index (χ0) is 16.5. The molecule has 0 spiro atoms. The third-order valence-electron chi connectivity index (χ3n) is 3.24. The maximum Gasteiger partial charge on any atom is 0.191 e. The molecule has 0 saturated carbocycles. The van der Waals surface area contributed by atoms with Crippen LogP contribution in [0, 0.1) is 6.92 Å². The number of methoxy groups -OCH3 is 1. The van der Waals surface area contributed by atoms with Crippen LogP contribution in [0.5, 0.6) is 5.75 Å². The largest absolute Gasteiger partial charge is 0.496 e. The molecule has 2 N–H and O–H groups in total. The van der Waals surface area contributed by atoms with Gasteiger partial charge in [0, 0.05) is 36.1 Å². The van der Waals surface area contributed by atoms with Crippen molar-refractivity contribution in [3.8, 4) is 5.75 Å². The van der Waals surface area contributed by atoms with Crippen molar-refractivity contribution in [1.29, 1.82) is 0 Å². The van der Waals surface area contributed by atoms with Crippen LogP contribution >= 0.6 is 11.3 Å². The zero-order valence-electron chi connectivity index (χ0n) is 13.9. The van der Waals surface area contributed by atoms with E-state index in [-0.39, 0.29) is 0 Å². The Balaban J connectivity index is 1.91. The van der Waals surface area contributed by atoms with Gasteiger partial charge in [0.25, 0.3) is 0 Å². The van der Waals surface area contributed by atoms with Crippen LogP contribution in [0.2, 0.25) is 0 Å². The van der Waals surface area contributed by atoms with Gasteiger partial charge in [0.05, 0.1) is 18.7 Å². The van der Waals surface area contributed by atoms with E-state index in [0.29, 0.717) is 6.54 Å². The lowest BCUT2D eigenvalue weighted by molar-refractivity contribution is 0.410. The zero-order valence-corrected chi connectivity index (χ0v) is 14.7. The Hall–Kier alpha value is -2.08. The standard InChI is InChI=1S/C17H24N4OS/c1-4-18-17(19-10-9-16-20-11-13(2)23-16)21-12-14-7-5-6-8-15(14)22-3/h5-8,11H,4,9-10,12H2,1-3H3,(H2,18,19,21). The van der Waals surface area contributed by atoms with E-state index in [1.807, 2.05) is 30.5 Å². The first kappa shape index (κ1) is 17.3. The molecule has 5 nitrogen and oxygen atoms in total. The molecule has 0 radical (unpaired) electrons. The Morgan fingerprint density at radius 1 is 1.30 bits per heavy atom. The van der Waals surface area contributed by atoms with Crippen LogP contribution in [0.1, 0.15) is 22.4 Å². The molecular formula is C17H24N4OS. The van der Waals surface area contributed by atoms with Crippen molar-refractivity contribution in [3.05, 3.63) is 45.9 Å². The third kappa shape index (κ3) is 5.56. The van der Waals surface area contributed by atoms with E-state index in [0.717, 1.165) is 41.8 Å². The molecule has 6 heteroatoms. The van der Waals surface area contributed by atoms with Crippen molar-refractivity contribution in [2.45, 2.75) is 26.8 Å². The van der Waals surface area contributed by atoms with Gasteiger partial charge in [-0.1, -0.05) is 18.2 Å². The number of nitrogens with one attached hydrogen (secondary N) is 2. The number of thiazole rings is 1. The molecule has 0 fully saturated rings. The summed E-state index contributed by atoms with van der Waals surface area (Å²) in [7, 11) is 1.68. The predicted octanol–water partition coefficient (Wildman–Crippen LogP) is 2.76. The maximum absolute atomic E-state index is 5.36. The summed E-state index contributed by atoms with van der Waals surface area (Å²) in [4.78, 5) is 10.2. The average molecular weight is 332 g/mol. The highest BCUT2D eigenvalue weighted by Crippen LogP contribution is 2.17. The van der Waals surface area contributed by atoms with Crippen LogP contribution in [0.4, 0.5) is 0 Å². The fraction of sp³-hybridized carbons (Fsp3) is 0.412. The predicted molar refractivity (Wildman–Crippen MR) is 96.4 cm³/mol. The second-order valence-electron chi connectivity index (χ2n) is 5.05. The molecule has 0 aliphatic heterocycles. The Morgan fingerprint density at radius 3 is 2.83 bits per heavy atom. The second-order valence-corrected chi connectivity index (χ2v) is 6.37.